The van der Waals surface area contributed by atoms with Crippen LogP contribution in [0.1, 0.15) is 5.56 Å². The first kappa shape index (κ1) is 8.98. The Kier molecular flexibility index (Phi) is 2.11. The Labute approximate surface area is 81.6 Å². The molecule has 0 saturated carbocycles. The summed E-state index contributed by atoms with van der Waals surface area (Å²) in [5, 5.41) is 0. The summed E-state index contributed by atoms with van der Waals surface area (Å²) in [5.41, 5.74) is 10.6. The molecule has 1 aliphatic rings. The predicted octanol–water partition coefficient (Wildman–Crippen LogP) is -0.421. The minimum absolute atomic E-state index is 0.0450. The zero-order chi connectivity index (χ0) is 10.1. The topological polar surface area (TPSA) is 84.4 Å². The second kappa shape index (κ2) is 3.28. The number of rotatable bonds is 2. The molecule has 0 radical (unpaired) electrons. The number of fused-ring (bicyclic) bond motifs is 1. The van der Waals surface area contributed by atoms with Crippen molar-refractivity contribution in [1.29, 1.82) is 0 Å². The quantitative estimate of drug-likeness (QED) is 0.337. The Morgan fingerprint density at radius 2 is 2.29 bits per heavy atom. The Bertz CT molecular complexity index is 377. The van der Waals surface area contributed by atoms with Gasteiger partial charge in [0.15, 0.2) is 0 Å². The minimum atomic E-state index is 0.0450. The maximum atomic E-state index is 11.5. The Morgan fingerprint density at radius 3 is 3.00 bits per heavy atom. The van der Waals surface area contributed by atoms with Crippen LogP contribution in [-0.4, -0.2) is 12.6 Å². The first-order valence-corrected chi connectivity index (χ1v) is 4.34. The summed E-state index contributed by atoms with van der Waals surface area (Å²) in [7, 11) is 0. The molecule has 2 rings (SSSR count). The molecule has 1 aromatic rings. The van der Waals surface area contributed by atoms with Gasteiger partial charge in [-0.3, -0.25) is 15.5 Å². The van der Waals surface area contributed by atoms with Gasteiger partial charge in [0.1, 0.15) is 0 Å². The van der Waals surface area contributed by atoms with Crippen LogP contribution in [0, 0.1) is 0 Å². The predicted molar refractivity (Wildman–Crippen MR) is 54.2 cm³/mol. The Hall–Kier alpha value is -1.59. The number of benzene rings is 1. The molecule has 1 heterocycles. The van der Waals surface area contributed by atoms with E-state index >= 15 is 0 Å². The molecule has 0 unspecified atom stereocenters. The van der Waals surface area contributed by atoms with Gasteiger partial charge in [-0.15, -0.1) is 0 Å². The Morgan fingerprint density at radius 1 is 1.50 bits per heavy atom. The molecule has 0 bridgehead atoms. The summed E-state index contributed by atoms with van der Waals surface area (Å²) in [4.78, 5) is 13.1. The summed E-state index contributed by atoms with van der Waals surface area (Å²) in [5.74, 6) is 5.23. The van der Waals surface area contributed by atoms with Crippen molar-refractivity contribution in [2.24, 2.45) is 5.84 Å². The molecule has 0 saturated heterocycles. The lowest BCUT2D eigenvalue weighted by atomic mass is 10.1. The smallest absolute Gasteiger partial charge is 0.232 e. The minimum Gasteiger partial charge on any atom is -0.399 e. The molecule has 5 heteroatoms. The zero-order valence-electron chi connectivity index (χ0n) is 7.66. The van der Waals surface area contributed by atoms with Gasteiger partial charge in [0.2, 0.25) is 5.91 Å². The van der Waals surface area contributed by atoms with E-state index in [0.29, 0.717) is 18.8 Å². The highest BCUT2D eigenvalue weighted by molar-refractivity contribution is 6.01. The average Bonchev–Trinajstić information content (AvgIpc) is 2.43. The molecule has 74 valence electrons. The van der Waals surface area contributed by atoms with Crippen molar-refractivity contribution in [2.75, 3.05) is 17.3 Å². The molecular formula is C9H12N4O. The van der Waals surface area contributed by atoms with E-state index in [-0.39, 0.29) is 5.91 Å². The molecular weight excluding hydrogens is 180 g/mol. The number of nitrogen functional groups attached to an aromatic ring is 1. The number of carbonyl (C=O) groups excluding carboxylic acids is 1. The number of anilines is 2. The second-order valence-corrected chi connectivity index (χ2v) is 3.25. The second-order valence-electron chi connectivity index (χ2n) is 3.25. The van der Waals surface area contributed by atoms with Crippen molar-refractivity contribution in [1.82, 2.24) is 5.43 Å². The van der Waals surface area contributed by atoms with Gasteiger partial charge in [-0.1, -0.05) is 0 Å². The van der Waals surface area contributed by atoms with Gasteiger partial charge in [0.05, 0.1) is 13.1 Å². The fourth-order valence-corrected chi connectivity index (χ4v) is 1.67. The highest BCUT2D eigenvalue weighted by atomic mass is 16.2. The maximum absolute atomic E-state index is 11.5. The lowest BCUT2D eigenvalue weighted by molar-refractivity contribution is -0.117. The van der Waals surface area contributed by atoms with Crippen LogP contribution in [-0.2, 0) is 11.2 Å². The molecule has 0 fully saturated rings. The van der Waals surface area contributed by atoms with E-state index in [4.69, 9.17) is 11.6 Å². The lowest BCUT2D eigenvalue weighted by Crippen LogP contribution is -2.39. The van der Waals surface area contributed by atoms with Crippen LogP contribution in [0.25, 0.3) is 0 Å². The van der Waals surface area contributed by atoms with Crippen molar-refractivity contribution >= 4 is 17.3 Å². The SMILES string of the molecule is NNCN1C(=O)Cc2cc(N)ccc21. The number of hydrogen-bond acceptors (Lipinski definition) is 4. The van der Waals surface area contributed by atoms with Crippen molar-refractivity contribution in [3.8, 4) is 0 Å². The van der Waals surface area contributed by atoms with Gasteiger partial charge in [0.25, 0.3) is 0 Å². The highest BCUT2D eigenvalue weighted by Gasteiger charge is 2.26. The van der Waals surface area contributed by atoms with Crippen LogP contribution < -0.4 is 21.9 Å². The van der Waals surface area contributed by atoms with Gasteiger partial charge in [-0.2, -0.15) is 0 Å². The fraction of sp³-hybridized carbons (Fsp3) is 0.222. The largest absolute Gasteiger partial charge is 0.399 e. The van der Waals surface area contributed by atoms with E-state index in [2.05, 4.69) is 5.43 Å². The van der Waals surface area contributed by atoms with Crippen LogP contribution in [0.2, 0.25) is 0 Å². The van der Waals surface area contributed by atoms with Gasteiger partial charge >= 0.3 is 0 Å². The lowest BCUT2D eigenvalue weighted by Gasteiger charge is -2.16. The van der Waals surface area contributed by atoms with Crippen molar-refractivity contribution in [3.63, 3.8) is 0 Å². The molecule has 5 nitrogen and oxygen atoms in total. The van der Waals surface area contributed by atoms with Crippen molar-refractivity contribution in [3.05, 3.63) is 23.8 Å². The number of carbonyl (C=O) groups is 1. The number of amides is 1. The third-order valence-corrected chi connectivity index (χ3v) is 2.29. The van der Waals surface area contributed by atoms with Crippen LogP contribution in [0.4, 0.5) is 11.4 Å². The van der Waals surface area contributed by atoms with E-state index in [1.54, 1.807) is 11.0 Å². The highest BCUT2D eigenvalue weighted by Crippen LogP contribution is 2.29. The number of nitrogens with two attached hydrogens (primary N) is 2. The molecule has 0 spiro atoms. The van der Waals surface area contributed by atoms with E-state index in [1.165, 1.54) is 0 Å². The monoisotopic (exact) mass is 192 g/mol. The molecule has 0 aromatic heterocycles. The number of nitrogens with zero attached hydrogens (tertiary/aromatic N) is 1. The van der Waals surface area contributed by atoms with Crippen LogP contribution in [0.5, 0.6) is 0 Å². The summed E-state index contributed by atoms with van der Waals surface area (Å²) in [6.07, 6.45) is 0.405. The first-order chi connectivity index (χ1) is 6.72. The van der Waals surface area contributed by atoms with E-state index in [0.717, 1.165) is 11.3 Å². The van der Waals surface area contributed by atoms with Crippen molar-refractivity contribution in [2.45, 2.75) is 6.42 Å². The number of hydrogen-bond donors (Lipinski definition) is 3. The average molecular weight is 192 g/mol. The molecule has 1 aromatic carbocycles. The summed E-state index contributed by atoms with van der Waals surface area (Å²) in [6, 6.07) is 5.44. The first-order valence-electron chi connectivity index (χ1n) is 4.34. The van der Waals surface area contributed by atoms with Crippen molar-refractivity contribution < 1.29 is 4.79 Å². The van der Waals surface area contributed by atoms with E-state index in [1.807, 2.05) is 12.1 Å². The molecule has 1 aliphatic heterocycles. The van der Waals surface area contributed by atoms with Gasteiger partial charge in [-0.05, 0) is 23.8 Å². The number of hydrazine groups is 1. The maximum Gasteiger partial charge on any atom is 0.232 e. The molecule has 5 N–H and O–H groups in total. The third-order valence-electron chi connectivity index (χ3n) is 2.29. The van der Waals surface area contributed by atoms with E-state index < -0.39 is 0 Å². The van der Waals surface area contributed by atoms with Crippen LogP contribution in [0.3, 0.4) is 0 Å². The summed E-state index contributed by atoms with van der Waals surface area (Å²) >= 11 is 0. The van der Waals surface area contributed by atoms with Crippen LogP contribution >= 0.6 is 0 Å². The fourth-order valence-electron chi connectivity index (χ4n) is 1.67. The molecule has 0 atom stereocenters. The zero-order valence-corrected chi connectivity index (χ0v) is 7.66. The summed E-state index contributed by atoms with van der Waals surface area (Å²) in [6.45, 7) is 0.329. The molecule has 1 amide bonds. The van der Waals surface area contributed by atoms with Gasteiger partial charge in [-0.25, -0.2) is 5.43 Å². The summed E-state index contributed by atoms with van der Waals surface area (Å²) < 4.78 is 0. The Balaban J connectivity index is 2.37. The molecule has 0 aliphatic carbocycles. The van der Waals surface area contributed by atoms with E-state index in [9.17, 15) is 4.79 Å². The molecule has 14 heavy (non-hydrogen) atoms. The third kappa shape index (κ3) is 1.32. The normalized spacial score (nSPS) is 14.6. The van der Waals surface area contributed by atoms with Gasteiger partial charge in [0, 0.05) is 11.4 Å². The van der Waals surface area contributed by atoms with Crippen LogP contribution in [0.15, 0.2) is 18.2 Å². The number of nitrogens with one attached hydrogen (secondary N) is 1. The van der Waals surface area contributed by atoms with Gasteiger partial charge < -0.3 is 5.73 Å². The standard InChI is InChI=1S/C9H12N4O/c10-7-1-2-8-6(3-7)4-9(14)13(8)5-12-11/h1-3,12H,4-5,10-11H2.